The van der Waals surface area contributed by atoms with E-state index in [4.69, 9.17) is 23.2 Å². The number of carbonyl (C=O) groups excluding carboxylic acids is 2. The van der Waals surface area contributed by atoms with Crippen LogP contribution in [0.3, 0.4) is 0 Å². The Hall–Kier alpha value is -4.86. The number of carbonyl (C=O) groups is 2. The number of nitrogens with one attached hydrogen (secondary N) is 2. The lowest BCUT2D eigenvalue weighted by Crippen LogP contribution is -2.13. The second-order valence-corrected chi connectivity index (χ2v) is 10.0. The maximum atomic E-state index is 13.3. The van der Waals surface area contributed by atoms with Gasteiger partial charge in [-0.3, -0.25) is 19.6 Å². The van der Waals surface area contributed by atoms with Crippen molar-refractivity contribution in [3.8, 4) is 0 Å². The van der Waals surface area contributed by atoms with Crippen LogP contribution in [0.1, 0.15) is 22.3 Å². The molecule has 2 amide bonds. The first-order valence-corrected chi connectivity index (χ1v) is 13.3. The van der Waals surface area contributed by atoms with Crippen molar-refractivity contribution in [3.63, 3.8) is 0 Å². The molecule has 0 radical (unpaired) electrons. The number of aliphatic imine (C=N–C) groups is 2. The molecule has 2 heterocycles. The van der Waals surface area contributed by atoms with Crippen molar-refractivity contribution in [3.05, 3.63) is 122 Å². The molecule has 0 spiro atoms. The predicted molar refractivity (Wildman–Crippen MR) is 159 cm³/mol. The van der Waals surface area contributed by atoms with Gasteiger partial charge in [0, 0.05) is 49.5 Å². The van der Waals surface area contributed by atoms with Gasteiger partial charge in [0.25, 0.3) is 0 Å². The quantitative estimate of drug-likeness (QED) is 0.162. The summed E-state index contributed by atoms with van der Waals surface area (Å²) in [7, 11) is 0. The Morgan fingerprint density at radius 2 is 1.20 bits per heavy atom. The SMILES string of the molecule is O=C1CN=C(c2ccccc2Cl)c2cc(N=[N+]([O-])c3ccc4c(c3)C(c3ccccc3Cl)=NCC(=O)N4)ccc2N1. The van der Waals surface area contributed by atoms with E-state index in [1.807, 2.05) is 24.3 Å². The van der Waals surface area contributed by atoms with Crippen LogP contribution < -0.4 is 10.6 Å². The summed E-state index contributed by atoms with van der Waals surface area (Å²) in [5.41, 5.74) is 4.99. The summed E-state index contributed by atoms with van der Waals surface area (Å²) >= 11 is 12.9. The van der Waals surface area contributed by atoms with Gasteiger partial charge in [0.15, 0.2) is 0 Å². The van der Waals surface area contributed by atoms with Gasteiger partial charge in [-0.2, -0.15) is 0 Å². The van der Waals surface area contributed by atoms with Crippen molar-refractivity contribution in [2.24, 2.45) is 15.1 Å². The van der Waals surface area contributed by atoms with Crippen molar-refractivity contribution >= 4 is 69.2 Å². The van der Waals surface area contributed by atoms with Crippen molar-refractivity contribution in [2.75, 3.05) is 23.7 Å². The van der Waals surface area contributed by atoms with Crippen LogP contribution in [0.25, 0.3) is 0 Å². The fraction of sp³-hybridized carbons (Fsp3) is 0.0667. The van der Waals surface area contributed by atoms with E-state index >= 15 is 0 Å². The maximum absolute atomic E-state index is 13.3. The van der Waals surface area contributed by atoms with Crippen molar-refractivity contribution < 1.29 is 14.4 Å². The smallest absolute Gasteiger partial charge is 0.246 e. The number of amides is 2. The first-order valence-electron chi connectivity index (χ1n) is 12.5. The Kier molecular flexibility index (Phi) is 7.05. The number of benzodiazepines with no additional fused rings is 2. The van der Waals surface area contributed by atoms with Crippen LogP contribution in [0.5, 0.6) is 0 Å². The molecular weight excluding hydrogens is 563 g/mol. The van der Waals surface area contributed by atoms with Crippen LogP contribution >= 0.6 is 23.2 Å². The molecule has 202 valence electrons. The Balaban J connectivity index is 1.41. The van der Waals surface area contributed by atoms with Gasteiger partial charge in [-0.25, -0.2) is 0 Å². The molecule has 11 heteroatoms. The minimum absolute atomic E-state index is 0.0730. The maximum Gasteiger partial charge on any atom is 0.246 e. The molecule has 0 unspecified atom stereocenters. The number of nitrogens with zero attached hydrogens (tertiary/aromatic N) is 4. The monoisotopic (exact) mass is 582 g/mol. The fourth-order valence-electron chi connectivity index (χ4n) is 4.64. The molecule has 4 aromatic rings. The lowest BCUT2D eigenvalue weighted by atomic mass is 10.00. The zero-order valence-electron chi connectivity index (χ0n) is 21.3. The van der Waals surface area contributed by atoms with Crippen molar-refractivity contribution in [1.82, 2.24) is 0 Å². The summed E-state index contributed by atoms with van der Waals surface area (Å²) in [6, 6.07) is 24.1. The molecule has 0 fully saturated rings. The summed E-state index contributed by atoms with van der Waals surface area (Å²) in [6.07, 6.45) is 0. The zero-order chi connectivity index (χ0) is 28.5. The first-order chi connectivity index (χ1) is 19.9. The van der Waals surface area contributed by atoms with Crippen LogP contribution in [0.4, 0.5) is 22.7 Å². The third kappa shape index (κ3) is 5.32. The Labute approximate surface area is 244 Å². The third-order valence-corrected chi connectivity index (χ3v) is 7.17. The molecule has 0 saturated heterocycles. The van der Waals surface area contributed by atoms with Gasteiger partial charge in [0.1, 0.15) is 18.8 Å². The second-order valence-electron chi connectivity index (χ2n) is 9.22. The largest absolute Gasteiger partial charge is 0.594 e. The van der Waals surface area contributed by atoms with Gasteiger partial charge in [-0.05, 0) is 36.4 Å². The molecule has 2 N–H and O–H groups in total. The van der Waals surface area contributed by atoms with E-state index in [1.54, 1.807) is 60.7 Å². The highest BCUT2D eigenvalue weighted by molar-refractivity contribution is 6.37. The number of anilines is 2. The zero-order valence-corrected chi connectivity index (χ0v) is 22.8. The van der Waals surface area contributed by atoms with Gasteiger partial charge >= 0.3 is 0 Å². The Bertz CT molecular complexity index is 1830. The molecule has 0 bridgehead atoms. The average Bonchev–Trinajstić information content (AvgIpc) is 3.23. The molecule has 2 aliphatic heterocycles. The van der Waals surface area contributed by atoms with Gasteiger partial charge in [0.05, 0.1) is 22.8 Å². The van der Waals surface area contributed by atoms with Gasteiger partial charge in [-0.1, -0.05) is 64.5 Å². The summed E-state index contributed by atoms with van der Waals surface area (Å²) < 4.78 is 0. The number of rotatable bonds is 4. The van der Waals surface area contributed by atoms with E-state index in [9.17, 15) is 14.8 Å². The van der Waals surface area contributed by atoms with Crippen LogP contribution in [0.15, 0.2) is 100 Å². The summed E-state index contributed by atoms with van der Waals surface area (Å²) in [6.45, 7) is -0.159. The molecule has 0 aromatic heterocycles. The molecule has 0 aliphatic carbocycles. The molecule has 4 aromatic carbocycles. The minimum Gasteiger partial charge on any atom is -0.594 e. The summed E-state index contributed by atoms with van der Waals surface area (Å²) in [5.74, 6) is -0.547. The topological polar surface area (TPSA) is 121 Å². The highest BCUT2D eigenvalue weighted by atomic mass is 35.5. The van der Waals surface area contributed by atoms with Gasteiger partial charge in [-0.15, -0.1) is 0 Å². The predicted octanol–water partition coefficient (Wildman–Crippen LogP) is 6.50. The highest BCUT2D eigenvalue weighted by Crippen LogP contribution is 2.32. The molecule has 6 rings (SSSR count). The van der Waals surface area contributed by atoms with Gasteiger partial charge < -0.3 is 15.8 Å². The number of benzene rings is 4. The molecule has 0 saturated carbocycles. The standard InChI is InChI=1S/C30H20Cl2N6O3/c31-23-7-3-1-5-19(23)29-21-13-17(9-11-25(21)35-27(39)15-33-29)37-38(41)18-10-12-26-22(14-18)30(34-16-28(40)36-26)20-6-2-4-8-24(20)32/h1-14H,15-16H2,(H,35,39)(H,36,40). The van der Waals surface area contributed by atoms with E-state index in [0.29, 0.717) is 65.6 Å². The molecule has 9 nitrogen and oxygen atoms in total. The van der Waals surface area contributed by atoms with Crippen LogP contribution in [-0.2, 0) is 9.59 Å². The first kappa shape index (κ1) is 26.4. The lowest BCUT2D eigenvalue weighted by Gasteiger charge is -2.13. The number of hydrogen-bond donors (Lipinski definition) is 2. The number of azo groups is 1. The lowest BCUT2D eigenvalue weighted by molar-refractivity contribution is -0.435. The van der Waals surface area contributed by atoms with Crippen molar-refractivity contribution in [2.45, 2.75) is 0 Å². The fourth-order valence-corrected chi connectivity index (χ4v) is 5.09. The van der Waals surface area contributed by atoms with E-state index in [1.165, 1.54) is 0 Å². The average molecular weight is 583 g/mol. The van der Waals surface area contributed by atoms with Gasteiger partial charge in [0.2, 0.25) is 17.5 Å². The minimum atomic E-state index is -0.280. The number of halogens is 2. The molecule has 0 atom stereocenters. The molecule has 2 aliphatic rings. The third-order valence-electron chi connectivity index (χ3n) is 6.51. The summed E-state index contributed by atoms with van der Waals surface area (Å²) in [5, 5.41) is 24.2. The van der Waals surface area contributed by atoms with E-state index < -0.39 is 0 Å². The van der Waals surface area contributed by atoms with Crippen LogP contribution in [0.2, 0.25) is 10.0 Å². The van der Waals surface area contributed by atoms with E-state index in [-0.39, 0.29) is 30.6 Å². The Morgan fingerprint density at radius 1 is 0.683 bits per heavy atom. The number of hydrogen-bond acceptors (Lipinski definition) is 6. The van der Waals surface area contributed by atoms with E-state index in [0.717, 1.165) is 0 Å². The Morgan fingerprint density at radius 3 is 1.76 bits per heavy atom. The van der Waals surface area contributed by atoms with Crippen molar-refractivity contribution in [1.29, 1.82) is 0 Å². The van der Waals surface area contributed by atoms with E-state index in [2.05, 4.69) is 25.7 Å². The highest BCUT2D eigenvalue weighted by Gasteiger charge is 2.23. The van der Waals surface area contributed by atoms with Crippen LogP contribution in [-0.4, -0.2) is 41.2 Å². The second kappa shape index (κ2) is 11.0. The normalized spacial score (nSPS) is 14.9. The number of fused-ring (bicyclic) bond motifs is 2. The molecular formula is C30H20Cl2N6O3. The molecule has 41 heavy (non-hydrogen) atoms. The summed E-state index contributed by atoms with van der Waals surface area (Å²) in [4.78, 5) is 34.0. The van der Waals surface area contributed by atoms with Crippen LogP contribution in [0, 0.1) is 5.21 Å².